The molecule has 0 spiro atoms. The molecule has 1 saturated heterocycles. The van der Waals surface area contributed by atoms with Gasteiger partial charge in [0, 0.05) is 12.6 Å². The molecule has 1 atom stereocenters. The lowest BCUT2D eigenvalue weighted by atomic mass is 10.0. The summed E-state index contributed by atoms with van der Waals surface area (Å²) in [6, 6.07) is 1.67. The first-order chi connectivity index (χ1) is 8.84. The lowest BCUT2D eigenvalue weighted by Crippen LogP contribution is -2.25. The molecule has 3 heterocycles. The minimum Gasteiger partial charge on any atom is -0.380 e. The maximum Gasteiger partial charge on any atom is 0.239 e. The standard InChI is InChI=1S/C11H10N4O3/c16-9-2-4-17-5-7(9)11-14-10(15-18-11)8-1-3-12-6-13-8/h1,3,6-7H,2,4-5H2. The van der Waals surface area contributed by atoms with Crippen molar-refractivity contribution in [1.29, 1.82) is 0 Å². The molecule has 1 aliphatic rings. The van der Waals surface area contributed by atoms with Gasteiger partial charge < -0.3 is 9.26 Å². The summed E-state index contributed by atoms with van der Waals surface area (Å²) >= 11 is 0. The van der Waals surface area contributed by atoms with Crippen molar-refractivity contribution in [3.05, 3.63) is 24.5 Å². The SMILES string of the molecule is O=C1CCOCC1c1nc(-c2ccncn2)no1. The van der Waals surface area contributed by atoms with Crippen molar-refractivity contribution in [3.63, 3.8) is 0 Å². The van der Waals surface area contributed by atoms with Crippen molar-refractivity contribution in [2.45, 2.75) is 12.3 Å². The van der Waals surface area contributed by atoms with E-state index in [0.717, 1.165) is 0 Å². The third-order valence-corrected chi connectivity index (χ3v) is 2.72. The van der Waals surface area contributed by atoms with Crippen LogP contribution in [-0.2, 0) is 9.53 Å². The van der Waals surface area contributed by atoms with E-state index >= 15 is 0 Å². The maximum atomic E-state index is 11.7. The summed E-state index contributed by atoms with van der Waals surface area (Å²) in [7, 11) is 0. The first-order valence-electron chi connectivity index (χ1n) is 5.55. The molecule has 0 aliphatic carbocycles. The van der Waals surface area contributed by atoms with Crippen LogP contribution in [0.15, 0.2) is 23.1 Å². The average molecular weight is 246 g/mol. The average Bonchev–Trinajstić information content (AvgIpc) is 2.90. The van der Waals surface area contributed by atoms with Gasteiger partial charge in [-0.05, 0) is 6.07 Å². The van der Waals surface area contributed by atoms with Crippen molar-refractivity contribution >= 4 is 5.78 Å². The minimum absolute atomic E-state index is 0.0686. The van der Waals surface area contributed by atoms with Crippen LogP contribution in [0.1, 0.15) is 18.2 Å². The highest BCUT2D eigenvalue weighted by Crippen LogP contribution is 2.22. The largest absolute Gasteiger partial charge is 0.380 e. The fraction of sp³-hybridized carbons (Fsp3) is 0.364. The third-order valence-electron chi connectivity index (χ3n) is 2.72. The fourth-order valence-electron chi connectivity index (χ4n) is 1.75. The maximum absolute atomic E-state index is 11.7. The van der Waals surface area contributed by atoms with Gasteiger partial charge in [0.15, 0.2) is 0 Å². The van der Waals surface area contributed by atoms with E-state index in [1.54, 1.807) is 12.3 Å². The summed E-state index contributed by atoms with van der Waals surface area (Å²) in [5.74, 6) is 0.250. The Kier molecular flexibility index (Phi) is 2.81. The Morgan fingerprint density at radius 1 is 1.39 bits per heavy atom. The van der Waals surface area contributed by atoms with E-state index < -0.39 is 5.92 Å². The number of carbonyl (C=O) groups excluding carboxylic acids is 1. The number of nitrogens with zero attached hydrogens (tertiary/aromatic N) is 4. The molecular weight excluding hydrogens is 236 g/mol. The molecule has 1 fully saturated rings. The molecule has 0 aromatic carbocycles. The molecule has 1 unspecified atom stereocenters. The van der Waals surface area contributed by atoms with Gasteiger partial charge in [-0.1, -0.05) is 5.16 Å². The molecule has 2 aromatic heterocycles. The quantitative estimate of drug-likeness (QED) is 0.766. The van der Waals surface area contributed by atoms with Gasteiger partial charge in [-0.2, -0.15) is 4.98 Å². The Bertz CT molecular complexity index is 554. The van der Waals surface area contributed by atoms with Gasteiger partial charge in [-0.15, -0.1) is 0 Å². The van der Waals surface area contributed by atoms with Crippen molar-refractivity contribution in [3.8, 4) is 11.5 Å². The summed E-state index contributed by atoms with van der Waals surface area (Å²) in [5.41, 5.74) is 0.559. The van der Waals surface area contributed by atoms with E-state index in [4.69, 9.17) is 9.26 Å². The molecule has 0 N–H and O–H groups in total. The van der Waals surface area contributed by atoms with E-state index in [9.17, 15) is 4.79 Å². The van der Waals surface area contributed by atoms with Gasteiger partial charge in [0.05, 0.1) is 13.2 Å². The molecular formula is C11H10N4O3. The summed E-state index contributed by atoms with van der Waals surface area (Å²) in [6.45, 7) is 0.756. The van der Waals surface area contributed by atoms with Crippen LogP contribution < -0.4 is 0 Å². The topological polar surface area (TPSA) is 91.0 Å². The van der Waals surface area contributed by atoms with E-state index in [1.165, 1.54) is 6.33 Å². The summed E-state index contributed by atoms with van der Waals surface area (Å²) in [4.78, 5) is 23.7. The molecule has 0 saturated carbocycles. The van der Waals surface area contributed by atoms with Gasteiger partial charge in [-0.3, -0.25) is 4.79 Å². The van der Waals surface area contributed by atoms with Gasteiger partial charge in [0.1, 0.15) is 23.7 Å². The zero-order valence-electron chi connectivity index (χ0n) is 9.44. The zero-order chi connectivity index (χ0) is 12.4. The summed E-state index contributed by atoms with van der Waals surface area (Å²) in [6.07, 6.45) is 3.38. The lowest BCUT2D eigenvalue weighted by Gasteiger charge is -2.16. The molecule has 7 nitrogen and oxygen atoms in total. The van der Waals surface area contributed by atoms with Crippen LogP contribution >= 0.6 is 0 Å². The number of Topliss-reactive ketones (excluding diaryl/α,β-unsaturated/α-hetero) is 1. The first-order valence-corrected chi connectivity index (χ1v) is 5.55. The second-order valence-corrected chi connectivity index (χ2v) is 3.89. The predicted molar refractivity (Wildman–Crippen MR) is 58.5 cm³/mol. The minimum atomic E-state index is -0.457. The fourth-order valence-corrected chi connectivity index (χ4v) is 1.75. The normalized spacial score (nSPS) is 20.0. The number of ether oxygens (including phenoxy) is 1. The van der Waals surface area contributed by atoms with Crippen LogP contribution in [0.4, 0.5) is 0 Å². The molecule has 0 radical (unpaired) electrons. The second-order valence-electron chi connectivity index (χ2n) is 3.89. The molecule has 0 amide bonds. The highest BCUT2D eigenvalue weighted by Gasteiger charge is 2.30. The molecule has 7 heteroatoms. The Morgan fingerprint density at radius 3 is 3.11 bits per heavy atom. The molecule has 0 bridgehead atoms. The van der Waals surface area contributed by atoms with Gasteiger partial charge in [0.2, 0.25) is 11.7 Å². The highest BCUT2D eigenvalue weighted by atomic mass is 16.5. The van der Waals surface area contributed by atoms with Crippen molar-refractivity contribution in [1.82, 2.24) is 20.1 Å². The van der Waals surface area contributed by atoms with Crippen LogP contribution in [0.25, 0.3) is 11.5 Å². The Hall–Kier alpha value is -2.15. The van der Waals surface area contributed by atoms with E-state index in [0.29, 0.717) is 31.2 Å². The summed E-state index contributed by atoms with van der Waals surface area (Å²) < 4.78 is 10.4. The molecule has 18 heavy (non-hydrogen) atoms. The first kappa shape index (κ1) is 11.0. The van der Waals surface area contributed by atoms with E-state index in [-0.39, 0.29) is 11.7 Å². The smallest absolute Gasteiger partial charge is 0.239 e. The molecule has 2 aromatic rings. The van der Waals surface area contributed by atoms with Gasteiger partial charge >= 0.3 is 0 Å². The number of ketones is 1. The highest BCUT2D eigenvalue weighted by molar-refractivity contribution is 5.85. The zero-order valence-corrected chi connectivity index (χ0v) is 9.44. The number of carbonyl (C=O) groups is 1. The molecule has 92 valence electrons. The molecule has 3 rings (SSSR count). The van der Waals surface area contributed by atoms with Crippen molar-refractivity contribution in [2.24, 2.45) is 0 Å². The van der Waals surface area contributed by atoms with Crippen LogP contribution in [0, 0.1) is 0 Å². The monoisotopic (exact) mass is 246 g/mol. The van der Waals surface area contributed by atoms with Crippen molar-refractivity contribution < 1.29 is 14.1 Å². The van der Waals surface area contributed by atoms with Crippen LogP contribution in [0.5, 0.6) is 0 Å². The number of aromatic nitrogens is 4. The van der Waals surface area contributed by atoms with Crippen LogP contribution in [0.3, 0.4) is 0 Å². The Morgan fingerprint density at radius 2 is 2.33 bits per heavy atom. The summed E-state index contributed by atoms with van der Waals surface area (Å²) in [5, 5.41) is 3.81. The number of hydrogen-bond donors (Lipinski definition) is 0. The lowest BCUT2D eigenvalue weighted by molar-refractivity contribution is -0.127. The third kappa shape index (κ3) is 2.00. The number of hydrogen-bond acceptors (Lipinski definition) is 7. The van der Waals surface area contributed by atoms with Crippen molar-refractivity contribution in [2.75, 3.05) is 13.2 Å². The Balaban J connectivity index is 1.87. The van der Waals surface area contributed by atoms with Crippen LogP contribution in [0.2, 0.25) is 0 Å². The van der Waals surface area contributed by atoms with Gasteiger partial charge in [-0.25, -0.2) is 9.97 Å². The van der Waals surface area contributed by atoms with Gasteiger partial charge in [0.25, 0.3) is 0 Å². The Labute approximate surface area is 102 Å². The second kappa shape index (κ2) is 4.61. The van der Waals surface area contributed by atoms with E-state index in [2.05, 4.69) is 20.1 Å². The van der Waals surface area contributed by atoms with E-state index in [1.807, 2.05) is 0 Å². The predicted octanol–water partition coefficient (Wildman–Crippen LogP) is 0.600. The number of rotatable bonds is 2. The van der Waals surface area contributed by atoms with Crippen LogP contribution in [-0.4, -0.2) is 39.1 Å². The molecule has 1 aliphatic heterocycles.